The molecule has 7 heteroatoms. The maximum atomic E-state index is 9.73. The molecule has 5 N–H and O–H groups in total. The molecule has 0 heterocycles. The average molecular weight is 282 g/mol. The van der Waals surface area contributed by atoms with Crippen LogP contribution in [0.25, 0.3) is 0 Å². The lowest BCUT2D eigenvalue weighted by Crippen LogP contribution is -2.36. The highest BCUT2D eigenvalue weighted by molar-refractivity contribution is 4.74. The predicted octanol–water partition coefficient (Wildman–Crippen LogP) is -1.74. The van der Waals surface area contributed by atoms with Crippen molar-refractivity contribution >= 4 is 0 Å². The fourth-order valence-electron chi connectivity index (χ4n) is 1.45. The molecule has 0 aromatic heterocycles. The molecule has 0 aliphatic carbocycles. The third kappa shape index (κ3) is 10.2. The minimum Gasteiger partial charge on any atom is -0.394 e. The molecule has 19 heavy (non-hydrogen) atoms. The molecule has 0 rings (SSSR count). The van der Waals surface area contributed by atoms with Crippen LogP contribution in [0.4, 0.5) is 0 Å². The molecule has 0 radical (unpaired) electrons. The van der Waals surface area contributed by atoms with Crippen LogP contribution in [0.15, 0.2) is 0 Å². The van der Waals surface area contributed by atoms with Gasteiger partial charge in [-0.15, -0.1) is 0 Å². The van der Waals surface area contributed by atoms with E-state index >= 15 is 0 Å². The number of aliphatic hydroxyl groups excluding tert-OH is 5. The highest BCUT2D eigenvalue weighted by atomic mass is 16.5. The van der Waals surface area contributed by atoms with Gasteiger partial charge in [-0.05, 0) is 13.8 Å². The standard InChI is InChI=1S/C12H26O7/c1-12(2,19-8-11(17)5-14)3-9(15)6-18-7-10(16)4-13/h9-11,13-17H,3-8H2,1-2H3. The van der Waals surface area contributed by atoms with E-state index in [1.54, 1.807) is 13.8 Å². The first-order valence-electron chi connectivity index (χ1n) is 6.28. The maximum absolute atomic E-state index is 9.73. The van der Waals surface area contributed by atoms with Gasteiger partial charge >= 0.3 is 0 Å². The van der Waals surface area contributed by atoms with Gasteiger partial charge in [0.2, 0.25) is 0 Å². The van der Waals surface area contributed by atoms with Crippen LogP contribution in [0.5, 0.6) is 0 Å². The van der Waals surface area contributed by atoms with E-state index in [4.69, 9.17) is 24.8 Å². The first-order valence-corrected chi connectivity index (χ1v) is 6.28. The molecule has 116 valence electrons. The average Bonchev–Trinajstić information content (AvgIpc) is 2.35. The summed E-state index contributed by atoms with van der Waals surface area (Å²) in [6, 6.07) is 0. The van der Waals surface area contributed by atoms with Gasteiger partial charge in [0.15, 0.2) is 0 Å². The molecular weight excluding hydrogens is 256 g/mol. The van der Waals surface area contributed by atoms with Gasteiger partial charge in [0.25, 0.3) is 0 Å². The van der Waals surface area contributed by atoms with Gasteiger partial charge in [-0.3, -0.25) is 0 Å². The molecule has 0 saturated heterocycles. The molecule has 0 spiro atoms. The van der Waals surface area contributed by atoms with Crippen LogP contribution in [0.2, 0.25) is 0 Å². The van der Waals surface area contributed by atoms with Crippen LogP contribution >= 0.6 is 0 Å². The lowest BCUT2D eigenvalue weighted by Gasteiger charge is -2.28. The lowest BCUT2D eigenvalue weighted by molar-refractivity contribution is -0.0995. The number of hydrogen-bond donors (Lipinski definition) is 5. The Labute approximate surface area is 113 Å². The lowest BCUT2D eigenvalue weighted by atomic mass is 10.0. The molecule has 0 aliphatic rings. The molecule has 0 aromatic rings. The van der Waals surface area contributed by atoms with E-state index < -0.39 is 23.9 Å². The fourth-order valence-corrected chi connectivity index (χ4v) is 1.45. The van der Waals surface area contributed by atoms with Gasteiger partial charge in [-0.2, -0.15) is 0 Å². The normalized spacial score (nSPS) is 17.2. The molecule has 0 aromatic carbocycles. The van der Waals surface area contributed by atoms with Crippen LogP contribution in [-0.2, 0) is 9.47 Å². The summed E-state index contributed by atoms with van der Waals surface area (Å²) in [5, 5.41) is 45.2. The molecule has 0 saturated carbocycles. The van der Waals surface area contributed by atoms with E-state index in [9.17, 15) is 10.2 Å². The third-order valence-corrected chi connectivity index (χ3v) is 2.44. The first-order chi connectivity index (χ1) is 8.80. The summed E-state index contributed by atoms with van der Waals surface area (Å²) < 4.78 is 10.4. The minimum absolute atomic E-state index is 0.0136. The molecule has 3 atom stereocenters. The molecule has 3 unspecified atom stereocenters. The topological polar surface area (TPSA) is 120 Å². The van der Waals surface area contributed by atoms with Crippen LogP contribution in [0.3, 0.4) is 0 Å². The Balaban J connectivity index is 3.85. The molecular formula is C12H26O7. The smallest absolute Gasteiger partial charge is 0.100 e. The van der Waals surface area contributed by atoms with Crippen molar-refractivity contribution in [1.82, 2.24) is 0 Å². The van der Waals surface area contributed by atoms with E-state index in [2.05, 4.69) is 0 Å². The van der Waals surface area contributed by atoms with Gasteiger partial charge < -0.3 is 35.0 Å². The molecule has 7 nitrogen and oxygen atoms in total. The number of rotatable bonds is 11. The number of hydrogen-bond acceptors (Lipinski definition) is 7. The second-order valence-corrected chi connectivity index (χ2v) is 5.14. The van der Waals surface area contributed by atoms with Crippen molar-refractivity contribution in [2.45, 2.75) is 44.2 Å². The molecule has 0 aliphatic heterocycles. The highest BCUT2D eigenvalue weighted by Crippen LogP contribution is 2.17. The maximum Gasteiger partial charge on any atom is 0.100 e. The summed E-state index contributed by atoms with van der Waals surface area (Å²) in [6.07, 6.45) is -2.39. The molecule has 0 fully saturated rings. The van der Waals surface area contributed by atoms with E-state index in [1.165, 1.54) is 0 Å². The zero-order valence-corrected chi connectivity index (χ0v) is 11.5. The summed E-state index contributed by atoms with van der Waals surface area (Å²) in [5.41, 5.74) is -0.672. The summed E-state index contributed by atoms with van der Waals surface area (Å²) in [7, 11) is 0. The Kier molecular flexibility index (Phi) is 9.46. The van der Waals surface area contributed by atoms with Crippen molar-refractivity contribution in [3.8, 4) is 0 Å². The van der Waals surface area contributed by atoms with Crippen LogP contribution in [0.1, 0.15) is 20.3 Å². The summed E-state index contributed by atoms with van der Waals surface area (Å²) in [5.74, 6) is 0. The van der Waals surface area contributed by atoms with E-state index in [1.807, 2.05) is 0 Å². The minimum atomic E-state index is -0.948. The zero-order chi connectivity index (χ0) is 14.9. The van der Waals surface area contributed by atoms with E-state index in [0.717, 1.165) is 0 Å². The van der Waals surface area contributed by atoms with Crippen molar-refractivity contribution in [3.63, 3.8) is 0 Å². The van der Waals surface area contributed by atoms with Crippen molar-refractivity contribution in [2.75, 3.05) is 33.0 Å². The van der Waals surface area contributed by atoms with Crippen LogP contribution in [-0.4, -0.2) is 82.5 Å². The van der Waals surface area contributed by atoms with Crippen molar-refractivity contribution in [2.24, 2.45) is 0 Å². The molecule has 0 bridgehead atoms. The Bertz CT molecular complexity index is 222. The quantitative estimate of drug-likeness (QED) is 0.305. The van der Waals surface area contributed by atoms with Crippen molar-refractivity contribution < 1.29 is 35.0 Å². The van der Waals surface area contributed by atoms with Crippen LogP contribution < -0.4 is 0 Å². The van der Waals surface area contributed by atoms with Gasteiger partial charge in [0.05, 0.1) is 44.7 Å². The Morgan fingerprint density at radius 1 is 0.842 bits per heavy atom. The molecule has 0 amide bonds. The second-order valence-electron chi connectivity index (χ2n) is 5.14. The van der Waals surface area contributed by atoms with E-state index in [0.29, 0.717) is 0 Å². The van der Waals surface area contributed by atoms with Crippen molar-refractivity contribution in [3.05, 3.63) is 0 Å². The summed E-state index contributed by atoms with van der Waals surface area (Å²) >= 11 is 0. The fraction of sp³-hybridized carbons (Fsp3) is 1.00. The van der Waals surface area contributed by atoms with Gasteiger partial charge in [-0.25, -0.2) is 0 Å². The highest BCUT2D eigenvalue weighted by Gasteiger charge is 2.24. The predicted molar refractivity (Wildman–Crippen MR) is 67.7 cm³/mol. The Hall–Kier alpha value is -0.280. The van der Waals surface area contributed by atoms with Gasteiger partial charge in [0, 0.05) is 6.42 Å². The SMILES string of the molecule is CC(C)(CC(O)COCC(O)CO)OCC(O)CO. The number of ether oxygens (including phenoxy) is 2. The van der Waals surface area contributed by atoms with E-state index in [-0.39, 0.29) is 39.5 Å². The van der Waals surface area contributed by atoms with Gasteiger partial charge in [0.1, 0.15) is 12.2 Å². The second kappa shape index (κ2) is 9.60. The monoisotopic (exact) mass is 282 g/mol. The van der Waals surface area contributed by atoms with Crippen molar-refractivity contribution in [1.29, 1.82) is 0 Å². The third-order valence-electron chi connectivity index (χ3n) is 2.44. The Morgan fingerprint density at radius 2 is 1.32 bits per heavy atom. The zero-order valence-electron chi connectivity index (χ0n) is 11.5. The largest absolute Gasteiger partial charge is 0.394 e. The van der Waals surface area contributed by atoms with Gasteiger partial charge in [-0.1, -0.05) is 0 Å². The Morgan fingerprint density at radius 3 is 1.84 bits per heavy atom. The number of aliphatic hydroxyl groups is 5. The summed E-state index contributed by atoms with van der Waals surface area (Å²) in [4.78, 5) is 0. The van der Waals surface area contributed by atoms with Crippen LogP contribution in [0, 0.1) is 0 Å². The summed E-state index contributed by atoms with van der Waals surface area (Å²) in [6.45, 7) is 2.71. The first kappa shape index (κ1) is 18.7.